The Hall–Kier alpha value is 0.637. The van der Waals surface area contributed by atoms with Crippen molar-refractivity contribution >= 4 is 52.6 Å². The molecule has 0 aliphatic carbocycles. The highest BCUT2D eigenvalue weighted by Crippen LogP contribution is 2.56. The SMILES string of the molecule is CC12CC(Br)=CN=C1N([Si](C)(C)C(C)(C)C)C(C)(I)C2. The van der Waals surface area contributed by atoms with Crippen molar-refractivity contribution in [3.8, 4) is 0 Å². The van der Waals surface area contributed by atoms with E-state index in [0.29, 0.717) is 5.04 Å². The van der Waals surface area contributed by atoms with Gasteiger partial charge in [-0.2, -0.15) is 0 Å². The number of nitrogens with zero attached hydrogens (tertiary/aromatic N) is 2. The predicted octanol–water partition coefficient (Wildman–Crippen LogP) is 5.89. The summed E-state index contributed by atoms with van der Waals surface area (Å²) in [6.07, 6.45) is 4.26. The van der Waals surface area contributed by atoms with E-state index in [1.807, 2.05) is 6.20 Å². The Morgan fingerprint density at radius 3 is 2.40 bits per heavy atom. The molecular formula is C15H26BrIN2Si. The molecule has 2 aliphatic heterocycles. The van der Waals surface area contributed by atoms with E-state index in [2.05, 4.69) is 90.8 Å². The first-order valence-electron chi connectivity index (χ1n) is 7.23. The van der Waals surface area contributed by atoms with E-state index in [0.717, 1.165) is 6.42 Å². The molecule has 1 saturated heterocycles. The summed E-state index contributed by atoms with van der Waals surface area (Å²) in [7, 11) is -1.63. The summed E-state index contributed by atoms with van der Waals surface area (Å²) in [5.74, 6) is 1.32. The molecule has 2 rings (SSSR count). The van der Waals surface area contributed by atoms with E-state index >= 15 is 0 Å². The van der Waals surface area contributed by atoms with Gasteiger partial charge in [0, 0.05) is 16.1 Å². The molecule has 0 bridgehead atoms. The number of hydrogen-bond donors (Lipinski definition) is 0. The number of alkyl halides is 1. The van der Waals surface area contributed by atoms with Crippen LogP contribution in [-0.2, 0) is 0 Å². The summed E-state index contributed by atoms with van der Waals surface area (Å²) in [5, 5.41) is 0.325. The third-order valence-electron chi connectivity index (χ3n) is 5.21. The van der Waals surface area contributed by atoms with Crippen LogP contribution in [0.1, 0.15) is 47.5 Å². The maximum atomic E-state index is 4.86. The molecule has 114 valence electrons. The highest BCUT2D eigenvalue weighted by atomic mass is 127. The average Bonchev–Trinajstić information content (AvgIpc) is 2.39. The van der Waals surface area contributed by atoms with Crippen LogP contribution in [0.25, 0.3) is 0 Å². The molecule has 0 N–H and O–H groups in total. The first-order chi connectivity index (χ1) is 8.81. The van der Waals surface area contributed by atoms with E-state index in [1.165, 1.54) is 16.7 Å². The van der Waals surface area contributed by atoms with Crippen LogP contribution in [0.4, 0.5) is 0 Å². The number of amidine groups is 1. The summed E-state index contributed by atoms with van der Waals surface area (Å²) in [6, 6.07) is 0. The second-order valence-electron chi connectivity index (χ2n) is 8.23. The van der Waals surface area contributed by atoms with Gasteiger partial charge in [-0.25, -0.2) is 4.99 Å². The minimum atomic E-state index is -1.63. The first kappa shape index (κ1) is 17.0. The van der Waals surface area contributed by atoms with Gasteiger partial charge in [-0.3, -0.25) is 0 Å². The van der Waals surface area contributed by atoms with Crippen LogP contribution in [-0.4, -0.2) is 22.2 Å². The molecule has 0 aromatic heterocycles. The molecule has 0 radical (unpaired) electrons. The number of hydrogen-bond acceptors (Lipinski definition) is 2. The minimum Gasteiger partial charge on any atom is -0.372 e. The molecule has 0 aromatic carbocycles. The van der Waals surface area contributed by atoms with Crippen LogP contribution in [0.2, 0.25) is 18.1 Å². The maximum absolute atomic E-state index is 4.86. The van der Waals surface area contributed by atoms with Crippen LogP contribution in [0, 0.1) is 5.41 Å². The molecule has 0 aromatic rings. The predicted molar refractivity (Wildman–Crippen MR) is 103 cm³/mol. The summed E-state index contributed by atoms with van der Waals surface area (Å²) in [6.45, 7) is 16.9. The van der Waals surface area contributed by atoms with Crippen LogP contribution >= 0.6 is 38.5 Å². The average molecular weight is 469 g/mol. The second-order valence-corrected chi connectivity index (χ2v) is 16.6. The Morgan fingerprint density at radius 2 is 1.90 bits per heavy atom. The fourth-order valence-corrected chi connectivity index (χ4v) is 9.82. The summed E-state index contributed by atoms with van der Waals surface area (Å²) in [4.78, 5) is 4.86. The van der Waals surface area contributed by atoms with Crippen LogP contribution in [0.15, 0.2) is 15.7 Å². The number of aliphatic imine (C=N–C) groups is 1. The van der Waals surface area contributed by atoms with E-state index < -0.39 is 8.24 Å². The summed E-state index contributed by atoms with van der Waals surface area (Å²) >= 11 is 6.31. The molecule has 20 heavy (non-hydrogen) atoms. The van der Waals surface area contributed by atoms with Crippen molar-refractivity contribution in [2.75, 3.05) is 0 Å². The first-order valence-corrected chi connectivity index (χ1v) is 12.1. The molecule has 2 unspecified atom stereocenters. The molecular weight excluding hydrogens is 443 g/mol. The standard InChI is InChI=1S/C15H26BrIN2Si/c1-13(2,3)20(6,7)19-12-14(4,10-15(19,5)17)8-11(16)9-18-12/h9H,8,10H2,1-7H3. The van der Waals surface area contributed by atoms with Crippen LogP contribution in [0.5, 0.6) is 0 Å². The number of halogens is 2. The third-order valence-corrected chi connectivity index (χ3v) is 12.5. The van der Waals surface area contributed by atoms with E-state index in [4.69, 9.17) is 4.99 Å². The Bertz CT molecular complexity index is 491. The van der Waals surface area contributed by atoms with Gasteiger partial charge in [0.05, 0.1) is 3.55 Å². The zero-order valence-corrected chi connectivity index (χ0v) is 18.4. The van der Waals surface area contributed by atoms with Crippen molar-refractivity contribution in [2.45, 2.75) is 69.1 Å². The van der Waals surface area contributed by atoms with Crippen molar-refractivity contribution in [3.05, 3.63) is 10.7 Å². The minimum absolute atomic E-state index is 0.166. The molecule has 0 amide bonds. The zero-order chi connectivity index (χ0) is 15.6. The third kappa shape index (κ3) is 2.55. The largest absolute Gasteiger partial charge is 0.372 e. The van der Waals surface area contributed by atoms with Crippen molar-refractivity contribution in [3.63, 3.8) is 0 Å². The van der Waals surface area contributed by atoms with Crippen LogP contribution < -0.4 is 0 Å². The molecule has 2 heterocycles. The van der Waals surface area contributed by atoms with Crippen molar-refractivity contribution in [1.82, 2.24) is 4.57 Å². The highest BCUT2D eigenvalue weighted by molar-refractivity contribution is 14.1. The number of fused-ring (bicyclic) bond motifs is 1. The molecule has 2 nitrogen and oxygen atoms in total. The highest BCUT2D eigenvalue weighted by Gasteiger charge is 2.59. The molecule has 0 saturated carbocycles. The summed E-state index contributed by atoms with van der Waals surface area (Å²) in [5.41, 5.74) is 0.180. The quantitative estimate of drug-likeness (QED) is 0.202. The lowest BCUT2D eigenvalue weighted by Gasteiger charge is -2.51. The van der Waals surface area contributed by atoms with Crippen molar-refractivity contribution < 1.29 is 0 Å². The van der Waals surface area contributed by atoms with Crippen LogP contribution in [0.3, 0.4) is 0 Å². The fourth-order valence-electron chi connectivity index (χ4n) is 3.45. The van der Waals surface area contributed by atoms with Gasteiger partial charge in [0.2, 0.25) is 0 Å². The fraction of sp³-hybridized carbons (Fsp3) is 0.800. The van der Waals surface area contributed by atoms with Gasteiger partial charge in [0.25, 0.3) is 0 Å². The number of allylic oxidation sites excluding steroid dienone is 1. The van der Waals surface area contributed by atoms with Gasteiger partial charge < -0.3 is 4.57 Å². The van der Waals surface area contributed by atoms with Gasteiger partial charge >= 0.3 is 0 Å². The Labute approximate surface area is 146 Å². The van der Waals surface area contributed by atoms with Gasteiger partial charge in [-0.15, -0.1) is 0 Å². The van der Waals surface area contributed by atoms with Gasteiger partial charge in [0.1, 0.15) is 5.84 Å². The normalized spacial score (nSPS) is 34.8. The van der Waals surface area contributed by atoms with Gasteiger partial charge in [-0.1, -0.05) is 79.3 Å². The van der Waals surface area contributed by atoms with Gasteiger partial charge in [-0.05, 0) is 24.8 Å². The summed E-state index contributed by atoms with van der Waals surface area (Å²) < 4.78 is 4.11. The smallest absolute Gasteiger partial charge is 0.158 e. The van der Waals surface area contributed by atoms with Crippen molar-refractivity contribution in [2.24, 2.45) is 10.4 Å². The molecule has 1 fully saturated rings. The molecule has 5 heteroatoms. The molecule has 0 spiro atoms. The number of rotatable bonds is 1. The van der Waals surface area contributed by atoms with E-state index in [9.17, 15) is 0 Å². The lowest BCUT2D eigenvalue weighted by atomic mass is 9.82. The van der Waals surface area contributed by atoms with Gasteiger partial charge in [0.15, 0.2) is 8.24 Å². The lowest BCUT2D eigenvalue weighted by molar-refractivity contribution is 0.397. The maximum Gasteiger partial charge on any atom is 0.158 e. The second kappa shape index (κ2) is 4.81. The van der Waals surface area contributed by atoms with Crippen molar-refractivity contribution in [1.29, 1.82) is 0 Å². The Balaban J connectivity index is 2.56. The Morgan fingerprint density at radius 1 is 1.35 bits per heavy atom. The van der Waals surface area contributed by atoms with E-state index in [-0.39, 0.29) is 8.96 Å². The topological polar surface area (TPSA) is 15.6 Å². The van der Waals surface area contributed by atoms with E-state index in [1.54, 1.807) is 0 Å². The Kier molecular flexibility index (Phi) is 4.09. The lowest BCUT2D eigenvalue weighted by Crippen LogP contribution is -2.61. The molecule has 2 atom stereocenters. The monoisotopic (exact) mass is 468 g/mol. The zero-order valence-electron chi connectivity index (χ0n) is 13.6. The molecule has 2 aliphatic rings.